The van der Waals surface area contributed by atoms with Crippen LogP contribution in [0.25, 0.3) is 0 Å². The van der Waals surface area contributed by atoms with E-state index in [9.17, 15) is 15.3 Å². The number of rotatable bonds is 23. The Morgan fingerprint density at radius 1 is 0.421 bits per heavy atom. The van der Waals surface area contributed by atoms with E-state index in [4.69, 9.17) is 47.4 Å². The van der Waals surface area contributed by atoms with E-state index in [-0.39, 0.29) is 63.6 Å². The standard InChI is InChI=1S/C14H24O7.C11H20O6/c15-7-14(8-16-1-11-4-19-11,9-17-2-12-5-20-12)10-18-3-13-6-21-13;12-5-11(6-13,7-14-1-9-3-16-9)8-15-2-10-4-17-10/h11-13,15H,1-10H2;9-10,12-13H,1-8H2. The minimum absolute atomic E-state index is 0.0461. The lowest BCUT2D eigenvalue weighted by atomic mass is 9.92. The first kappa shape index (κ1) is 30.4. The maximum Gasteiger partial charge on any atom is 0.104 e. The van der Waals surface area contributed by atoms with Gasteiger partial charge in [-0.05, 0) is 0 Å². The van der Waals surface area contributed by atoms with Crippen molar-refractivity contribution in [2.24, 2.45) is 10.8 Å². The van der Waals surface area contributed by atoms with Crippen LogP contribution in [0.4, 0.5) is 0 Å². The average Bonchev–Trinajstić information content (AvgIpc) is 3.70. The van der Waals surface area contributed by atoms with Crippen molar-refractivity contribution in [2.45, 2.75) is 30.5 Å². The fourth-order valence-corrected chi connectivity index (χ4v) is 3.39. The van der Waals surface area contributed by atoms with Gasteiger partial charge >= 0.3 is 0 Å². The van der Waals surface area contributed by atoms with Gasteiger partial charge in [0.15, 0.2) is 0 Å². The third-order valence-electron chi connectivity index (χ3n) is 6.58. The van der Waals surface area contributed by atoms with E-state index < -0.39 is 10.8 Å². The van der Waals surface area contributed by atoms with E-state index in [1.54, 1.807) is 0 Å². The first-order chi connectivity index (χ1) is 18.6. The van der Waals surface area contributed by atoms with Gasteiger partial charge in [0.05, 0.1) is 130 Å². The van der Waals surface area contributed by atoms with Gasteiger partial charge in [-0.25, -0.2) is 0 Å². The highest BCUT2D eigenvalue weighted by Crippen LogP contribution is 2.23. The molecule has 5 aliphatic heterocycles. The van der Waals surface area contributed by atoms with Crippen molar-refractivity contribution in [1.29, 1.82) is 0 Å². The maximum atomic E-state index is 9.79. The molecule has 0 radical (unpaired) electrons. The summed E-state index contributed by atoms with van der Waals surface area (Å²) in [4.78, 5) is 0. The van der Waals surface area contributed by atoms with Gasteiger partial charge in [-0.1, -0.05) is 0 Å². The molecule has 0 aliphatic carbocycles. The monoisotopic (exact) mass is 552 g/mol. The lowest BCUT2D eigenvalue weighted by molar-refractivity contribution is -0.0965. The van der Waals surface area contributed by atoms with Crippen LogP contribution < -0.4 is 0 Å². The molecule has 0 spiro atoms. The minimum Gasteiger partial charge on any atom is -0.396 e. The molecule has 222 valence electrons. The summed E-state index contributed by atoms with van der Waals surface area (Å²) in [5.41, 5.74) is -1.28. The number of hydrogen-bond donors (Lipinski definition) is 3. The van der Waals surface area contributed by atoms with Crippen LogP contribution in [0.2, 0.25) is 0 Å². The first-order valence-electron chi connectivity index (χ1n) is 13.4. The van der Waals surface area contributed by atoms with Crippen molar-refractivity contribution in [1.82, 2.24) is 0 Å². The minimum atomic E-state index is -0.732. The van der Waals surface area contributed by atoms with Crippen LogP contribution in [-0.4, -0.2) is 165 Å². The average molecular weight is 553 g/mol. The summed E-state index contributed by atoms with van der Waals surface area (Å²) in [7, 11) is 0. The summed E-state index contributed by atoms with van der Waals surface area (Å²) in [5.74, 6) is 0. The maximum absolute atomic E-state index is 9.79. The van der Waals surface area contributed by atoms with E-state index in [1.807, 2.05) is 0 Å². The second-order valence-electron chi connectivity index (χ2n) is 10.8. The van der Waals surface area contributed by atoms with Gasteiger partial charge in [-0.2, -0.15) is 0 Å². The number of ether oxygens (including phenoxy) is 10. The fraction of sp³-hybridized carbons (Fsp3) is 1.00. The molecule has 3 N–H and O–H groups in total. The molecule has 0 aromatic heterocycles. The molecule has 13 heteroatoms. The Morgan fingerprint density at radius 2 is 0.632 bits per heavy atom. The third-order valence-corrected chi connectivity index (χ3v) is 6.58. The molecule has 0 aromatic rings. The van der Waals surface area contributed by atoms with Crippen LogP contribution in [0.3, 0.4) is 0 Å². The molecule has 0 saturated carbocycles. The quantitative estimate of drug-likeness (QED) is 0.119. The second-order valence-corrected chi connectivity index (χ2v) is 10.8. The van der Waals surface area contributed by atoms with Crippen molar-refractivity contribution in [2.75, 3.05) is 119 Å². The summed E-state index contributed by atoms with van der Waals surface area (Å²) in [5, 5.41) is 28.5. The summed E-state index contributed by atoms with van der Waals surface area (Å²) < 4.78 is 53.2. The Kier molecular flexibility index (Phi) is 12.4. The van der Waals surface area contributed by atoms with E-state index in [0.717, 1.165) is 33.0 Å². The van der Waals surface area contributed by atoms with Gasteiger partial charge in [0.2, 0.25) is 0 Å². The Morgan fingerprint density at radius 3 is 0.816 bits per heavy atom. The summed E-state index contributed by atoms with van der Waals surface area (Å²) in [6, 6.07) is 0. The summed E-state index contributed by atoms with van der Waals surface area (Å²) >= 11 is 0. The molecule has 0 aromatic carbocycles. The number of aliphatic hydroxyl groups excluding tert-OH is 3. The van der Waals surface area contributed by atoms with Crippen molar-refractivity contribution < 1.29 is 62.7 Å². The van der Waals surface area contributed by atoms with Crippen molar-refractivity contribution >= 4 is 0 Å². The Hall–Kier alpha value is -0.520. The van der Waals surface area contributed by atoms with Gasteiger partial charge in [-0.15, -0.1) is 0 Å². The van der Waals surface area contributed by atoms with E-state index in [0.29, 0.717) is 52.9 Å². The lowest BCUT2D eigenvalue weighted by Crippen LogP contribution is -2.41. The fourth-order valence-electron chi connectivity index (χ4n) is 3.39. The molecule has 5 rings (SSSR count). The van der Waals surface area contributed by atoms with Crippen LogP contribution in [-0.2, 0) is 47.4 Å². The van der Waals surface area contributed by atoms with Crippen molar-refractivity contribution in [3.05, 3.63) is 0 Å². The first-order valence-corrected chi connectivity index (χ1v) is 13.4. The summed E-state index contributed by atoms with van der Waals surface area (Å²) in [6.45, 7) is 7.76. The van der Waals surface area contributed by atoms with Gasteiger partial charge in [0.25, 0.3) is 0 Å². The van der Waals surface area contributed by atoms with Crippen LogP contribution in [0, 0.1) is 10.8 Å². The Balaban J connectivity index is 0.000000181. The molecular formula is C25H44O13. The molecule has 5 fully saturated rings. The molecule has 0 amide bonds. The number of epoxide rings is 5. The lowest BCUT2D eigenvalue weighted by Gasteiger charge is -2.31. The van der Waals surface area contributed by atoms with E-state index >= 15 is 0 Å². The third kappa shape index (κ3) is 12.3. The van der Waals surface area contributed by atoms with Gasteiger partial charge in [0.1, 0.15) is 30.5 Å². The normalized spacial score (nSPS) is 30.2. The zero-order valence-electron chi connectivity index (χ0n) is 22.0. The van der Waals surface area contributed by atoms with Crippen LogP contribution in [0.5, 0.6) is 0 Å². The Bertz CT molecular complexity index is 578. The number of aliphatic hydroxyl groups is 3. The Labute approximate surface area is 223 Å². The summed E-state index contributed by atoms with van der Waals surface area (Å²) in [6.07, 6.45) is 1.01. The largest absolute Gasteiger partial charge is 0.396 e. The van der Waals surface area contributed by atoms with Gasteiger partial charge in [-0.3, -0.25) is 0 Å². The van der Waals surface area contributed by atoms with Crippen LogP contribution >= 0.6 is 0 Å². The smallest absolute Gasteiger partial charge is 0.104 e. The second kappa shape index (κ2) is 15.5. The molecular weight excluding hydrogens is 508 g/mol. The molecule has 38 heavy (non-hydrogen) atoms. The molecule has 5 aliphatic rings. The van der Waals surface area contributed by atoms with E-state index in [1.165, 1.54) is 0 Å². The topological polar surface area (TPSA) is 169 Å². The highest BCUT2D eigenvalue weighted by atomic mass is 16.6. The molecule has 0 bridgehead atoms. The molecule has 5 heterocycles. The predicted molar refractivity (Wildman–Crippen MR) is 129 cm³/mol. The number of hydrogen-bond acceptors (Lipinski definition) is 13. The molecule has 5 atom stereocenters. The van der Waals surface area contributed by atoms with Gasteiger partial charge < -0.3 is 62.7 Å². The van der Waals surface area contributed by atoms with Gasteiger partial charge in [0, 0.05) is 0 Å². The highest BCUT2D eigenvalue weighted by molar-refractivity contribution is 4.82. The van der Waals surface area contributed by atoms with E-state index in [2.05, 4.69) is 0 Å². The van der Waals surface area contributed by atoms with Crippen LogP contribution in [0.1, 0.15) is 0 Å². The molecule has 5 saturated heterocycles. The molecule has 5 unspecified atom stereocenters. The SMILES string of the molecule is OCC(CO)(COCC1CO1)COCC1CO1.OCC(COCC1CO1)(COCC1CO1)COCC1CO1. The van der Waals surface area contributed by atoms with Crippen LogP contribution in [0.15, 0.2) is 0 Å². The molecule has 13 nitrogen and oxygen atoms in total. The predicted octanol–water partition coefficient (Wildman–Crippen LogP) is -2.00. The highest BCUT2D eigenvalue weighted by Gasteiger charge is 2.35. The zero-order valence-corrected chi connectivity index (χ0v) is 22.0. The zero-order chi connectivity index (χ0) is 26.7. The van der Waals surface area contributed by atoms with Crippen molar-refractivity contribution in [3.63, 3.8) is 0 Å². The van der Waals surface area contributed by atoms with Crippen molar-refractivity contribution in [3.8, 4) is 0 Å².